The van der Waals surface area contributed by atoms with Crippen LogP contribution in [0.1, 0.15) is 60.5 Å². The maximum atomic E-state index is 13.3. The fraction of sp³-hybridized carbons (Fsp3) is 0.458. The second-order valence-corrected chi connectivity index (χ2v) is 9.92. The molecule has 0 saturated heterocycles. The molecule has 0 aliphatic carbocycles. The van der Waals surface area contributed by atoms with E-state index in [1.165, 1.54) is 15.4 Å². The van der Waals surface area contributed by atoms with E-state index in [-0.39, 0.29) is 11.9 Å². The first-order chi connectivity index (χ1) is 14.0. The number of carbonyl (C=O) groups is 1. The Bertz CT molecular complexity index is 1020. The van der Waals surface area contributed by atoms with Crippen LogP contribution in [0.3, 0.4) is 0 Å². The SMILES string of the molecule is CC[C@@H](NC(=O)[C@H](CC)N(c1ccc(C)c(C)c1)S(C)(=O)=O)c1ccc(C)c(C)c1. The van der Waals surface area contributed by atoms with Crippen molar-refractivity contribution in [2.75, 3.05) is 10.6 Å². The second kappa shape index (κ2) is 9.65. The van der Waals surface area contributed by atoms with Crippen LogP contribution in [0, 0.1) is 27.7 Å². The van der Waals surface area contributed by atoms with Crippen molar-refractivity contribution in [2.24, 2.45) is 0 Å². The van der Waals surface area contributed by atoms with Crippen LogP contribution in [-0.4, -0.2) is 26.6 Å². The Morgan fingerprint density at radius 1 is 0.900 bits per heavy atom. The van der Waals surface area contributed by atoms with E-state index in [1.807, 2.05) is 52.8 Å². The Hall–Kier alpha value is -2.34. The third-order valence-electron chi connectivity index (χ3n) is 5.73. The smallest absolute Gasteiger partial charge is 0.244 e. The minimum Gasteiger partial charge on any atom is -0.347 e. The molecule has 2 aromatic carbocycles. The summed E-state index contributed by atoms with van der Waals surface area (Å²) in [5.74, 6) is -0.286. The van der Waals surface area contributed by atoms with Gasteiger partial charge in [-0.1, -0.05) is 38.1 Å². The monoisotopic (exact) mass is 430 g/mol. The minimum atomic E-state index is -3.65. The molecule has 0 spiro atoms. The molecule has 30 heavy (non-hydrogen) atoms. The lowest BCUT2D eigenvalue weighted by Crippen LogP contribution is -2.50. The molecule has 164 valence electrons. The van der Waals surface area contributed by atoms with E-state index in [0.717, 1.165) is 22.9 Å². The number of benzene rings is 2. The van der Waals surface area contributed by atoms with Gasteiger partial charge in [-0.05, 0) is 80.5 Å². The van der Waals surface area contributed by atoms with Gasteiger partial charge in [-0.3, -0.25) is 9.10 Å². The van der Waals surface area contributed by atoms with Crippen LogP contribution in [-0.2, 0) is 14.8 Å². The number of carbonyl (C=O) groups excluding carboxylic acids is 1. The van der Waals surface area contributed by atoms with Crippen molar-refractivity contribution in [3.63, 3.8) is 0 Å². The summed E-state index contributed by atoms with van der Waals surface area (Å²) in [5.41, 5.74) is 5.97. The number of amides is 1. The van der Waals surface area contributed by atoms with Crippen molar-refractivity contribution in [1.82, 2.24) is 5.32 Å². The highest BCUT2D eigenvalue weighted by Crippen LogP contribution is 2.26. The fourth-order valence-electron chi connectivity index (χ4n) is 3.59. The largest absolute Gasteiger partial charge is 0.347 e. The summed E-state index contributed by atoms with van der Waals surface area (Å²) in [7, 11) is -3.65. The molecule has 2 atom stereocenters. The molecule has 2 aromatic rings. The highest BCUT2D eigenvalue weighted by molar-refractivity contribution is 7.92. The van der Waals surface area contributed by atoms with E-state index in [9.17, 15) is 13.2 Å². The molecule has 1 amide bonds. The van der Waals surface area contributed by atoms with Crippen molar-refractivity contribution >= 4 is 21.6 Å². The Balaban J connectivity index is 2.39. The molecular weight excluding hydrogens is 396 g/mol. The van der Waals surface area contributed by atoms with Crippen LogP contribution in [0.15, 0.2) is 36.4 Å². The average molecular weight is 431 g/mol. The van der Waals surface area contributed by atoms with Gasteiger partial charge in [-0.2, -0.15) is 0 Å². The number of anilines is 1. The molecule has 0 bridgehead atoms. The molecular formula is C24H34N2O3S. The first kappa shape index (κ1) is 23.9. The molecule has 0 saturated carbocycles. The number of hydrogen-bond donors (Lipinski definition) is 1. The van der Waals surface area contributed by atoms with Gasteiger partial charge >= 0.3 is 0 Å². The quantitative estimate of drug-likeness (QED) is 0.658. The van der Waals surface area contributed by atoms with Crippen LogP contribution in [0.2, 0.25) is 0 Å². The van der Waals surface area contributed by atoms with E-state index < -0.39 is 16.1 Å². The maximum Gasteiger partial charge on any atom is 0.244 e. The van der Waals surface area contributed by atoms with Gasteiger partial charge in [-0.25, -0.2) is 8.42 Å². The van der Waals surface area contributed by atoms with Gasteiger partial charge < -0.3 is 5.32 Å². The highest BCUT2D eigenvalue weighted by atomic mass is 32.2. The molecule has 0 fully saturated rings. The van der Waals surface area contributed by atoms with Crippen LogP contribution in [0.5, 0.6) is 0 Å². The summed E-state index contributed by atoms with van der Waals surface area (Å²) in [5, 5.41) is 3.08. The van der Waals surface area contributed by atoms with Crippen molar-refractivity contribution in [2.45, 2.75) is 66.5 Å². The van der Waals surface area contributed by atoms with Gasteiger partial charge in [0.1, 0.15) is 6.04 Å². The van der Waals surface area contributed by atoms with E-state index >= 15 is 0 Å². The number of rotatable bonds is 8. The van der Waals surface area contributed by atoms with E-state index in [0.29, 0.717) is 18.5 Å². The first-order valence-corrected chi connectivity index (χ1v) is 12.3. The van der Waals surface area contributed by atoms with Crippen LogP contribution in [0.25, 0.3) is 0 Å². The number of hydrogen-bond acceptors (Lipinski definition) is 3. The van der Waals surface area contributed by atoms with Crippen LogP contribution in [0.4, 0.5) is 5.69 Å². The highest BCUT2D eigenvalue weighted by Gasteiger charge is 2.32. The summed E-state index contributed by atoms with van der Waals surface area (Å²) >= 11 is 0. The number of nitrogens with zero attached hydrogens (tertiary/aromatic N) is 1. The zero-order chi connectivity index (χ0) is 22.6. The van der Waals surface area contributed by atoms with Crippen molar-refractivity contribution in [1.29, 1.82) is 0 Å². The zero-order valence-corrected chi connectivity index (χ0v) is 19.9. The summed E-state index contributed by atoms with van der Waals surface area (Å²) in [4.78, 5) is 13.3. The van der Waals surface area contributed by atoms with Crippen molar-refractivity contribution < 1.29 is 13.2 Å². The average Bonchev–Trinajstić information content (AvgIpc) is 2.67. The standard InChI is InChI=1S/C24H34N2O3S/c1-8-22(20-12-10-16(3)18(5)14-20)25-24(27)23(9-2)26(30(7,28)29)21-13-11-17(4)19(6)15-21/h10-15,22-23H,8-9H2,1-7H3,(H,25,27)/t22-,23+/m1/s1. The Morgan fingerprint density at radius 3 is 1.93 bits per heavy atom. The van der Waals surface area contributed by atoms with Gasteiger partial charge in [0.15, 0.2) is 0 Å². The third-order valence-corrected chi connectivity index (χ3v) is 6.91. The first-order valence-electron chi connectivity index (χ1n) is 10.4. The molecule has 1 N–H and O–H groups in total. The van der Waals surface area contributed by atoms with Gasteiger partial charge in [0.2, 0.25) is 15.9 Å². The Labute approximate surface area is 181 Å². The van der Waals surface area contributed by atoms with Crippen LogP contribution < -0.4 is 9.62 Å². The summed E-state index contributed by atoms with van der Waals surface area (Å²) in [6.45, 7) is 11.9. The van der Waals surface area contributed by atoms with Gasteiger partial charge in [-0.15, -0.1) is 0 Å². The molecule has 5 nitrogen and oxygen atoms in total. The van der Waals surface area contributed by atoms with Gasteiger partial charge in [0.05, 0.1) is 18.0 Å². The third kappa shape index (κ3) is 5.42. The molecule has 6 heteroatoms. The van der Waals surface area contributed by atoms with Crippen LogP contribution >= 0.6 is 0 Å². The normalized spacial score (nSPS) is 13.6. The van der Waals surface area contributed by atoms with E-state index in [4.69, 9.17) is 0 Å². The molecule has 0 aromatic heterocycles. The lowest BCUT2D eigenvalue weighted by molar-refractivity contribution is -0.123. The number of aryl methyl sites for hydroxylation is 4. The predicted molar refractivity (Wildman–Crippen MR) is 124 cm³/mol. The topological polar surface area (TPSA) is 66.5 Å². The molecule has 0 aliphatic rings. The summed E-state index contributed by atoms with van der Waals surface area (Å²) in [6.07, 6.45) is 2.24. The lowest BCUT2D eigenvalue weighted by Gasteiger charge is -2.32. The van der Waals surface area contributed by atoms with Gasteiger partial charge in [0.25, 0.3) is 0 Å². The Kier molecular flexibility index (Phi) is 7.70. The molecule has 0 heterocycles. The molecule has 0 radical (unpaired) electrons. The molecule has 0 unspecified atom stereocenters. The summed E-state index contributed by atoms with van der Waals surface area (Å²) < 4.78 is 26.6. The van der Waals surface area contributed by atoms with Crippen molar-refractivity contribution in [3.8, 4) is 0 Å². The maximum absolute atomic E-state index is 13.3. The number of sulfonamides is 1. The minimum absolute atomic E-state index is 0.174. The fourth-order valence-corrected chi connectivity index (χ4v) is 4.80. The summed E-state index contributed by atoms with van der Waals surface area (Å²) in [6, 6.07) is 10.6. The van der Waals surface area contributed by atoms with E-state index in [2.05, 4.69) is 24.4 Å². The van der Waals surface area contributed by atoms with Gasteiger partial charge in [0, 0.05) is 0 Å². The lowest BCUT2D eigenvalue weighted by atomic mass is 9.99. The molecule has 0 aliphatic heterocycles. The number of nitrogens with one attached hydrogen (secondary N) is 1. The zero-order valence-electron chi connectivity index (χ0n) is 19.1. The van der Waals surface area contributed by atoms with E-state index in [1.54, 1.807) is 6.07 Å². The molecule has 2 rings (SSSR count). The van der Waals surface area contributed by atoms with Crippen molar-refractivity contribution in [3.05, 3.63) is 64.2 Å². The second-order valence-electron chi connectivity index (χ2n) is 8.06. The predicted octanol–water partition coefficient (Wildman–Crippen LogP) is 4.73. The Morgan fingerprint density at radius 2 is 1.47 bits per heavy atom.